The van der Waals surface area contributed by atoms with E-state index >= 15 is 0 Å². The first-order valence-corrected chi connectivity index (χ1v) is 4.32. The first kappa shape index (κ1) is 9.78. The molecule has 0 spiro atoms. The van der Waals surface area contributed by atoms with Crippen LogP contribution in [0.15, 0.2) is 24.3 Å². The molecule has 0 bridgehead atoms. The standard InChI is InChI=1S/C11H14NO/c1-4-12(3)11-7-5-10(6-8-11)9(2)13/h5-8H,2,4H2,1,3H3. The van der Waals surface area contributed by atoms with Crippen LogP contribution in [0.3, 0.4) is 0 Å². The van der Waals surface area contributed by atoms with Gasteiger partial charge in [0, 0.05) is 31.8 Å². The Morgan fingerprint density at radius 3 is 2.31 bits per heavy atom. The van der Waals surface area contributed by atoms with Crippen molar-refractivity contribution in [1.82, 2.24) is 0 Å². The maximum atomic E-state index is 10.9. The van der Waals surface area contributed by atoms with Crippen molar-refractivity contribution in [3.63, 3.8) is 0 Å². The molecule has 0 aliphatic rings. The van der Waals surface area contributed by atoms with E-state index in [4.69, 9.17) is 0 Å². The molecular formula is C11H14NO. The Kier molecular flexibility index (Phi) is 3.07. The minimum absolute atomic E-state index is 0.134. The van der Waals surface area contributed by atoms with E-state index < -0.39 is 0 Å². The number of rotatable bonds is 3. The molecule has 0 aliphatic heterocycles. The van der Waals surface area contributed by atoms with E-state index in [2.05, 4.69) is 18.7 Å². The second-order valence-electron chi connectivity index (χ2n) is 2.98. The lowest BCUT2D eigenvalue weighted by Gasteiger charge is -2.16. The van der Waals surface area contributed by atoms with Gasteiger partial charge in [0.25, 0.3) is 0 Å². The molecule has 0 saturated carbocycles. The van der Waals surface area contributed by atoms with E-state index in [1.165, 1.54) is 0 Å². The summed E-state index contributed by atoms with van der Waals surface area (Å²) in [5.74, 6) is -0.134. The monoisotopic (exact) mass is 176 g/mol. The van der Waals surface area contributed by atoms with E-state index in [1.54, 1.807) is 12.1 Å². The Labute approximate surface area is 79.2 Å². The van der Waals surface area contributed by atoms with Crippen LogP contribution in [0.4, 0.5) is 5.69 Å². The van der Waals surface area contributed by atoms with E-state index in [9.17, 15) is 4.79 Å². The highest BCUT2D eigenvalue weighted by Crippen LogP contribution is 2.13. The lowest BCUT2D eigenvalue weighted by molar-refractivity contribution is 0.104. The number of benzene rings is 1. The molecule has 1 rings (SSSR count). The third-order valence-corrected chi connectivity index (χ3v) is 2.10. The van der Waals surface area contributed by atoms with Gasteiger partial charge in [0.15, 0.2) is 5.78 Å². The number of carbonyl (C=O) groups is 1. The van der Waals surface area contributed by atoms with Gasteiger partial charge < -0.3 is 4.90 Å². The third kappa shape index (κ3) is 2.31. The zero-order valence-electron chi connectivity index (χ0n) is 8.08. The molecule has 0 atom stereocenters. The third-order valence-electron chi connectivity index (χ3n) is 2.10. The van der Waals surface area contributed by atoms with E-state index in [-0.39, 0.29) is 5.78 Å². The number of Topliss-reactive ketones (excluding diaryl/α,β-unsaturated/α-hetero) is 1. The summed E-state index contributed by atoms with van der Waals surface area (Å²) in [5.41, 5.74) is 1.78. The zero-order valence-corrected chi connectivity index (χ0v) is 8.08. The Morgan fingerprint density at radius 2 is 1.92 bits per heavy atom. The van der Waals surface area contributed by atoms with E-state index in [0.29, 0.717) is 5.56 Å². The molecule has 1 aromatic rings. The van der Waals surface area contributed by atoms with Crippen molar-refractivity contribution in [2.75, 3.05) is 18.5 Å². The Balaban J connectivity index is 2.87. The first-order valence-electron chi connectivity index (χ1n) is 4.32. The second kappa shape index (κ2) is 4.08. The van der Waals surface area contributed by atoms with Gasteiger partial charge in [-0.25, -0.2) is 0 Å². The molecular weight excluding hydrogens is 162 g/mol. The highest BCUT2D eigenvalue weighted by Gasteiger charge is 2.00. The van der Waals surface area contributed by atoms with Gasteiger partial charge in [-0.05, 0) is 31.2 Å². The number of hydrogen-bond donors (Lipinski definition) is 0. The van der Waals surface area contributed by atoms with Gasteiger partial charge in [-0.15, -0.1) is 0 Å². The van der Waals surface area contributed by atoms with Crippen molar-refractivity contribution >= 4 is 11.5 Å². The van der Waals surface area contributed by atoms with Gasteiger partial charge in [-0.1, -0.05) is 0 Å². The SMILES string of the molecule is [CH2]C(=O)c1ccc(N(C)CC)cc1. The van der Waals surface area contributed by atoms with Crippen molar-refractivity contribution in [3.8, 4) is 0 Å². The summed E-state index contributed by atoms with van der Waals surface area (Å²) in [6, 6.07) is 7.47. The molecule has 0 N–H and O–H groups in total. The minimum atomic E-state index is -0.134. The average molecular weight is 176 g/mol. The van der Waals surface area contributed by atoms with Gasteiger partial charge >= 0.3 is 0 Å². The topological polar surface area (TPSA) is 20.3 Å². The van der Waals surface area contributed by atoms with Crippen LogP contribution in [0.1, 0.15) is 17.3 Å². The maximum Gasteiger partial charge on any atom is 0.163 e. The lowest BCUT2D eigenvalue weighted by atomic mass is 10.1. The molecule has 69 valence electrons. The Hall–Kier alpha value is -1.31. The number of carbonyl (C=O) groups excluding carboxylic acids is 1. The second-order valence-corrected chi connectivity index (χ2v) is 2.98. The predicted molar refractivity (Wildman–Crippen MR) is 55.1 cm³/mol. The summed E-state index contributed by atoms with van der Waals surface area (Å²) in [6.07, 6.45) is 0. The number of nitrogens with zero attached hydrogens (tertiary/aromatic N) is 1. The molecule has 0 unspecified atom stereocenters. The summed E-state index contributed by atoms with van der Waals surface area (Å²) >= 11 is 0. The highest BCUT2D eigenvalue weighted by molar-refractivity contribution is 5.99. The molecule has 0 amide bonds. The molecule has 1 aromatic carbocycles. The minimum Gasteiger partial charge on any atom is -0.375 e. The van der Waals surface area contributed by atoms with Crippen LogP contribution in [0.25, 0.3) is 0 Å². The number of hydrogen-bond acceptors (Lipinski definition) is 2. The van der Waals surface area contributed by atoms with Crippen LogP contribution in [-0.4, -0.2) is 19.4 Å². The van der Waals surface area contributed by atoms with Crippen LogP contribution in [0.2, 0.25) is 0 Å². The molecule has 0 saturated heterocycles. The quantitative estimate of drug-likeness (QED) is 0.658. The van der Waals surface area contributed by atoms with Gasteiger partial charge in [-0.2, -0.15) is 0 Å². The van der Waals surface area contributed by atoms with Crippen LogP contribution in [0.5, 0.6) is 0 Å². The van der Waals surface area contributed by atoms with Gasteiger partial charge in [0.2, 0.25) is 0 Å². The first-order chi connectivity index (χ1) is 6.15. The van der Waals surface area contributed by atoms with Crippen molar-refractivity contribution in [3.05, 3.63) is 36.8 Å². The molecule has 1 radical (unpaired) electrons. The zero-order chi connectivity index (χ0) is 9.84. The van der Waals surface area contributed by atoms with Crippen LogP contribution in [-0.2, 0) is 0 Å². The Morgan fingerprint density at radius 1 is 1.38 bits per heavy atom. The van der Waals surface area contributed by atoms with Gasteiger partial charge in [-0.3, -0.25) is 4.79 Å². The summed E-state index contributed by atoms with van der Waals surface area (Å²) in [7, 11) is 2.01. The Bertz CT molecular complexity index is 289. The smallest absolute Gasteiger partial charge is 0.163 e. The van der Waals surface area contributed by atoms with E-state index in [0.717, 1.165) is 12.2 Å². The largest absolute Gasteiger partial charge is 0.375 e. The summed E-state index contributed by atoms with van der Waals surface area (Å²) in [4.78, 5) is 13.0. The maximum absolute atomic E-state index is 10.9. The van der Waals surface area contributed by atoms with Gasteiger partial charge in [0.1, 0.15) is 0 Å². The summed E-state index contributed by atoms with van der Waals surface area (Å²) in [5, 5.41) is 0. The van der Waals surface area contributed by atoms with E-state index in [1.807, 2.05) is 19.2 Å². The number of anilines is 1. The molecule has 13 heavy (non-hydrogen) atoms. The van der Waals surface area contributed by atoms with Crippen LogP contribution in [0, 0.1) is 6.92 Å². The van der Waals surface area contributed by atoms with Crippen molar-refractivity contribution in [2.24, 2.45) is 0 Å². The van der Waals surface area contributed by atoms with Crippen LogP contribution < -0.4 is 4.90 Å². The molecule has 2 nitrogen and oxygen atoms in total. The van der Waals surface area contributed by atoms with Gasteiger partial charge in [0.05, 0.1) is 0 Å². The van der Waals surface area contributed by atoms with Crippen molar-refractivity contribution < 1.29 is 4.79 Å². The molecule has 0 heterocycles. The van der Waals surface area contributed by atoms with Crippen molar-refractivity contribution in [1.29, 1.82) is 0 Å². The fourth-order valence-electron chi connectivity index (χ4n) is 1.08. The molecule has 0 aliphatic carbocycles. The normalized spacial score (nSPS) is 9.77. The number of ketones is 1. The van der Waals surface area contributed by atoms with Crippen LogP contribution >= 0.6 is 0 Å². The van der Waals surface area contributed by atoms with Crippen molar-refractivity contribution in [2.45, 2.75) is 6.92 Å². The molecule has 0 aromatic heterocycles. The predicted octanol–water partition coefficient (Wildman–Crippen LogP) is 2.16. The summed E-state index contributed by atoms with van der Waals surface area (Å²) in [6.45, 7) is 6.39. The average Bonchev–Trinajstić information content (AvgIpc) is 2.17. The lowest BCUT2D eigenvalue weighted by Crippen LogP contribution is -2.15. The summed E-state index contributed by atoms with van der Waals surface area (Å²) < 4.78 is 0. The fourth-order valence-corrected chi connectivity index (χ4v) is 1.08. The highest BCUT2D eigenvalue weighted by atomic mass is 16.1. The molecule has 0 fully saturated rings. The fraction of sp³-hybridized carbons (Fsp3) is 0.273. The molecule has 2 heteroatoms.